The number of rotatable bonds is 8. The normalized spacial score (nSPS) is 15.0. The highest BCUT2D eigenvalue weighted by molar-refractivity contribution is 7.93. The number of thiocarbonyl (C=S) groups is 1. The van der Waals surface area contributed by atoms with Gasteiger partial charge in [-0.15, -0.1) is 0 Å². The maximum Gasteiger partial charge on any atom is 0.237 e. The number of sulfonamides is 1. The second-order valence-electron chi connectivity index (χ2n) is 4.82. The molecule has 2 atom stereocenters. The monoisotopic (exact) mass is 309 g/mol. The smallest absolute Gasteiger partial charge is 0.237 e. The molecular weight excluding hydrogens is 286 g/mol. The molecule has 112 valence electrons. The van der Waals surface area contributed by atoms with Crippen molar-refractivity contribution in [2.24, 2.45) is 11.7 Å². The maximum atomic E-state index is 12.0. The second kappa shape index (κ2) is 7.76. The Morgan fingerprint density at radius 1 is 1.32 bits per heavy atom. The number of amides is 1. The van der Waals surface area contributed by atoms with Gasteiger partial charge in [-0.2, -0.15) is 0 Å². The summed E-state index contributed by atoms with van der Waals surface area (Å²) >= 11 is 4.73. The van der Waals surface area contributed by atoms with E-state index in [0.29, 0.717) is 12.5 Å². The van der Waals surface area contributed by atoms with E-state index in [1.165, 1.54) is 6.92 Å². The molecule has 0 aromatic heterocycles. The molecular formula is C11H23N3O3S2. The van der Waals surface area contributed by atoms with Crippen LogP contribution in [0, 0.1) is 5.92 Å². The third kappa shape index (κ3) is 6.31. The Kier molecular flexibility index (Phi) is 7.46. The van der Waals surface area contributed by atoms with Crippen molar-refractivity contribution < 1.29 is 13.2 Å². The molecule has 6 nitrogen and oxygen atoms in total. The van der Waals surface area contributed by atoms with E-state index in [4.69, 9.17) is 18.0 Å². The average molecular weight is 309 g/mol. The number of hydrogen-bond acceptors (Lipinski definition) is 4. The van der Waals surface area contributed by atoms with E-state index in [2.05, 4.69) is 10.0 Å². The number of hydrogen-bond donors (Lipinski definition) is 3. The van der Waals surface area contributed by atoms with Crippen LogP contribution in [0.15, 0.2) is 0 Å². The first-order valence-electron chi connectivity index (χ1n) is 6.20. The molecule has 0 rings (SSSR count). The maximum absolute atomic E-state index is 12.0. The summed E-state index contributed by atoms with van der Waals surface area (Å²) in [5, 5.41) is 1.70. The Bertz CT molecular complexity index is 421. The third-order valence-corrected chi connectivity index (χ3v) is 4.93. The lowest BCUT2D eigenvalue weighted by Gasteiger charge is -2.19. The van der Waals surface area contributed by atoms with E-state index in [0.717, 1.165) is 0 Å². The van der Waals surface area contributed by atoms with Gasteiger partial charge in [0.05, 0.1) is 11.0 Å². The van der Waals surface area contributed by atoms with Crippen LogP contribution in [0.5, 0.6) is 0 Å². The van der Waals surface area contributed by atoms with Gasteiger partial charge in [-0.1, -0.05) is 33.0 Å². The molecule has 0 radical (unpaired) electrons. The zero-order valence-corrected chi connectivity index (χ0v) is 13.4. The van der Waals surface area contributed by atoms with Crippen LogP contribution >= 0.6 is 12.2 Å². The van der Waals surface area contributed by atoms with Gasteiger partial charge in [0.2, 0.25) is 15.9 Å². The minimum Gasteiger partial charge on any atom is -0.392 e. The Labute approximate surface area is 120 Å². The molecule has 2 unspecified atom stereocenters. The molecule has 0 aliphatic heterocycles. The molecule has 0 spiro atoms. The molecule has 0 bridgehead atoms. The fraction of sp³-hybridized carbons (Fsp3) is 0.818. The highest BCUT2D eigenvalue weighted by atomic mass is 32.2. The SMILES string of the molecule is CCC(C(N)=S)S(=O)(=O)NC(C)C(=O)NCC(C)C. The van der Waals surface area contributed by atoms with Crippen LogP contribution in [0.4, 0.5) is 0 Å². The van der Waals surface area contributed by atoms with E-state index >= 15 is 0 Å². The van der Waals surface area contributed by atoms with Crippen molar-refractivity contribution in [2.45, 2.75) is 45.4 Å². The first-order valence-corrected chi connectivity index (χ1v) is 8.15. The molecule has 0 aliphatic rings. The summed E-state index contributed by atoms with van der Waals surface area (Å²) in [6.07, 6.45) is 0.269. The fourth-order valence-electron chi connectivity index (χ4n) is 1.41. The van der Waals surface area contributed by atoms with Crippen molar-refractivity contribution in [1.82, 2.24) is 10.0 Å². The van der Waals surface area contributed by atoms with Crippen LogP contribution < -0.4 is 15.8 Å². The lowest BCUT2D eigenvalue weighted by molar-refractivity contribution is -0.122. The van der Waals surface area contributed by atoms with Crippen molar-refractivity contribution in [1.29, 1.82) is 0 Å². The van der Waals surface area contributed by atoms with Gasteiger partial charge in [0.15, 0.2) is 0 Å². The largest absolute Gasteiger partial charge is 0.392 e. The summed E-state index contributed by atoms with van der Waals surface area (Å²) in [4.78, 5) is 11.6. The summed E-state index contributed by atoms with van der Waals surface area (Å²) in [5.74, 6) is -0.0668. The van der Waals surface area contributed by atoms with Crippen LogP contribution in [-0.4, -0.2) is 37.2 Å². The van der Waals surface area contributed by atoms with Crippen molar-refractivity contribution >= 4 is 33.1 Å². The molecule has 8 heteroatoms. The van der Waals surface area contributed by atoms with E-state index in [1.807, 2.05) is 13.8 Å². The number of nitrogens with two attached hydrogens (primary N) is 1. The van der Waals surface area contributed by atoms with Crippen molar-refractivity contribution in [2.75, 3.05) is 6.54 Å². The first kappa shape index (κ1) is 18.3. The van der Waals surface area contributed by atoms with Crippen LogP contribution in [0.3, 0.4) is 0 Å². The van der Waals surface area contributed by atoms with Crippen LogP contribution in [0.25, 0.3) is 0 Å². The molecule has 1 amide bonds. The molecule has 0 aromatic carbocycles. The molecule has 4 N–H and O–H groups in total. The van der Waals surface area contributed by atoms with Gasteiger partial charge in [-0.25, -0.2) is 13.1 Å². The number of nitrogens with one attached hydrogen (secondary N) is 2. The van der Waals surface area contributed by atoms with E-state index in [1.54, 1.807) is 6.92 Å². The first-order chi connectivity index (χ1) is 8.61. The van der Waals surface area contributed by atoms with Gasteiger partial charge < -0.3 is 11.1 Å². The minimum absolute atomic E-state index is 0.0928. The predicted molar refractivity (Wildman–Crippen MR) is 80.2 cm³/mol. The summed E-state index contributed by atoms with van der Waals surface area (Å²) in [6.45, 7) is 7.56. The third-order valence-electron chi connectivity index (χ3n) is 2.48. The summed E-state index contributed by atoms with van der Waals surface area (Å²) in [7, 11) is -3.73. The van der Waals surface area contributed by atoms with Crippen LogP contribution in [0.1, 0.15) is 34.1 Å². The minimum atomic E-state index is -3.73. The lowest BCUT2D eigenvalue weighted by atomic mass is 10.2. The Morgan fingerprint density at radius 3 is 2.21 bits per heavy atom. The highest BCUT2D eigenvalue weighted by Crippen LogP contribution is 2.06. The quantitative estimate of drug-likeness (QED) is 0.553. The molecule has 0 fully saturated rings. The molecule has 0 heterocycles. The number of carbonyl (C=O) groups is 1. The molecule has 0 aromatic rings. The lowest BCUT2D eigenvalue weighted by Crippen LogP contribution is -2.50. The second-order valence-corrected chi connectivity index (χ2v) is 7.19. The summed E-state index contributed by atoms with van der Waals surface area (Å²) in [5.41, 5.74) is 5.40. The van der Waals surface area contributed by atoms with Crippen molar-refractivity contribution in [3.8, 4) is 0 Å². The van der Waals surface area contributed by atoms with Gasteiger partial charge in [0.25, 0.3) is 0 Å². The van der Waals surface area contributed by atoms with Gasteiger partial charge in [0, 0.05) is 6.54 Å². The average Bonchev–Trinajstić information content (AvgIpc) is 2.24. The van der Waals surface area contributed by atoms with E-state index in [-0.39, 0.29) is 17.3 Å². The zero-order valence-electron chi connectivity index (χ0n) is 11.8. The molecule has 0 saturated carbocycles. The van der Waals surface area contributed by atoms with Gasteiger partial charge in [-0.3, -0.25) is 4.79 Å². The van der Waals surface area contributed by atoms with Gasteiger partial charge in [-0.05, 0) is 19.3 Å². The zero-order chi connectivity index (χ0) is 15.2. The molecule has 0 aliphatic carbocycles. The van der Waals surface area contributed by atoms with Gasteiger partial charge >= 0.3 is 0 Å². The van der Waals surface area contributed by atoms with Crippen molar-refractivity contribution in [3.63, 3.8) is 0 Å². The Hall–Kier alpha value is -0.730. The highest BCUT2D eigenvalue weighted by Gasteiger charge is 2.29. The fourth-order valence-corrected chi connectivity index (χ4v) is 3.47. The molecule has 19 heavy (non-hydrogen) atoms. The Balaban J connectivity index is 4.65. The van der Waals surface area contributed by atoms with Crippen molar-refractivity contribution in [3.05, 3.63) is 0 Å². The topological polar surface area (TPSA) is 101 Å². The molecule has 0 saturated heterocycles. The predicted octanol–water partition coefficient (Wildman–Crippen LogP) is 0.131. The van der Waals surface area contributed by atoms with Gasteiger partial charge in [0.1, 0.15) is 5.25 Å². The van der Waals surface area contributed by atoms with E-state index in [9.17, 15) is 13.2 Å². The van der Waals surface area contributed by atoms with Crippen LogP contribution in [0.2, 0.25) is 0 Å². The number of carbonyl (C=O) groups excluding carboxylic acids is 1. The summed E-state index contributed by atoms with van der Waals surface area (Å²) in [6, 6.07) is -0.854. The van der Waals surface area contributed by atoms with E-state index < -0.39 is 21.3 Å². The summed E-state index contributed by atoms with van der Waals surface area (Å²) < 4.78 is 26.3. The van der Waals surface area contributed by atoms with Crippen LogP contribution in [-0.2, 0) is 14.8 Å². The Morgan fingerprint density at radius 2 is 1.84 bits per heavy atom. The standard InChI is InChI=1S/C11H23N3O3S2/c1-5-9(10(12)18)19(16,17)14-8(4)11(15)13-6-7(2)3/h7-9,14H,5-6H2,1-4H3,(H2,12,18)(H,13,15).